The van der Waals surface area contributed by atoms with Crippen molar-refractivity contribution in [3.63, 3.8) is 0 Å². The first-order chi connectivity index (χ1) is 9.06. The minimum atomic E-state index is -0.476. The molecule has 0 saturated heterocycles. The molecule has 0 bridgehead atoms. The molecule has 0 aliphatic carbocycles. The monoisotopic (exact) mass is 264 g/mol. The summed E-state index contributed by atoms with van der Waals surface area (Å²) in [6, 6.07) is 6.37. The Morgan fingerprint density at radius 3 is 2.58 bits per heavy atom. The van der Waals surface area contributed by atoms with Crippen LogP contribution in [0.25, 0.3) is 0 Å². The third kappa shape index (κ3) is 4.79. The fourth-order valence-corrected chi connectivity index (χ4v) is 1.35. The van der Waals surface area contributed by atoms with Gasteiger partial charge in [-0.2, -0.15) is 0 Å². The number of ether oxygens (including phenoxy) is 1. The first-order valence-corrected chi connectivity index (χ1v) is 5.81. The molecular weight excluding hydrogens is 248 g/mol. The zero-order valence-electron chi connectivity index (χ0n) is 10.9. The molecule has 0 aromatic heterocycles. The van der Waals surface area contributed by atoms with Crippen LogP contribution in [0.3, 0.4) is 0 Å². The van der Waals surface area contributed by atoms with Crippen LogP contribution in [0.2, 0.25) is 0 Å². The van der Waals surface area contributed by atoms with E-state index in [1.165, 1.54) is 13.2 Å². The number of hydrogen-bond donors (Lipinski definition) is 2. The number of rotatable bonds is 5. The molecule has 0 saturated carbocycles. The van der Waals surface area contributed by atoms with Crippen molar-refractivity contribution in [1.29, 1.82) is 0 Å². The molecule has 0 unspecified atom stereocenters. The van der Waals surface area contributed by atoms with Crippen molar-refractivity contribution in [2.24, 2.45) is 0 Å². The number of nitrogens with one attached hydrogen (secondary N) is 2. The van der Waals surface area contributed by atoms with Gasteiger partial charge in [0.05, 0.1) is 19.2 Å². The van der Waals surface area contributed by atoms with Crippen molar-refractivity contribution in [2.75, 3.05) is 19.0 Å². The summed E-state index contributed by atoms with van der Waals surface area (Å²) in [5.41, 5.74) is 0.816. The summed E-state index contributed by atoms with van der Waals surface area (Å²) in [6.07, 6.45) is 0.325. The molecule has 0 fully saturated rings. The molecule has 6 nitrogen and oxygen atoms in total. The minimum absolute atomic E-state index is 0.102. The molecule has 0 spiro atoms. The second-order valence-electron chi connectivity index (χ2n) is 3.75. The maximum atomic E-state index is 11.5. The van der Waals surface area contributed by atoms with Gasteiger partial charge >= 0.3 is 5.97 Å². The number of anilines is 1. The molecule has 1 aromatic carbocycles. The molecule has 0 atom stereocenters. The molecule has 2 N–H and O–H groups in total. The van der Waals surface area contributed by atoms with E-state index in [1.54, 1.807) is 25.1 Å². The summed E-state index contributed by atoms with van der Waals surface area (Å²) in [5.74, 6) is -1.03. The van der Waals surface area contributed by atoms with E-state index in [-0.39, 0.29) is 18.4 Å². The van der Waals surface area contributed by atoms with Crippen LogP contribution in [-0.4, -0.2) is 31.4 Å². The van der Waals surface area contributed by atoms with Crippen LogP contribution in [0.1, 0.15) is 23.7 Å². The molecule has 102 valence electrons. The first-order valence-electron chi connectivity index (χ1n) is 5.81. The van der Waals surface area contributed by atoms with Crippen molar-refractivity contribution in [2.45, 2.75) is 13.3 Å². The molecule has 6 heteroatoms. The van der Waals surface area contributed by atoms with Gasteiger partial charge in [0.15, 0.2) is 0 Å². The van der Waals surface area contributed by atoms with Gasteiger partial charge in [0.2, 0.25) is 11.8 Å². The highest BCUT2D eigenvalue weighted by Crippen LogP contribution is 2.11. The van der Waals surface area contributed by atoms with Crippen LogP contribution in [0.5, 0.6) is 0 Å². The lowest BCUT2D eigenvalue weighted by atomic mass is 10.2. The summed E-state index contributed by atoms with van der Waals surface area (Å²) >= 11 is 0. The zero-order chi connectivity index (χ0) is 14.3. The van der Waals surface area contributed by atoms with E-state index in [4.69, 9.17) is 0 Å². The molecule has 0 heterocycles. The number of methoxy groups -OCH3 is 1. The molecule has 1 rings (SSSR count). The molecule has 2 amide bonds. The normalized spacial score (nSPS) is 9.58. The number of amides is 2. The standard InChI is InChI=1S/C13H16N2O4/c1-3-11(16)14-8-12(17)15-10-6-4-5-9(7-10)13(18)19-2/h4-7H,3,8H2,1-2H3,(H,14,16)(H,15,17). The fraction of sp³-hybridized carbons (Fsp3) is 0.308. The van der Waals surface area contributed by atoms with E-state index in [2.05, 4.69) is 15.4 Å². The van der Waals surface area contributed by atoms with Crippen LogP contribution in [-0.2, 0) is 14.3 Å². The lowest BCUT2D eigenvalue weighted by molar-refractivity contribution is -0.123. The summed E-state index contributed by atoms with van der Waals surface area (Å²) in [6.45, 7) is 1.60. The Hall–Kier alpha value is -2.37. The minimum Gasteiger partial charge on any atom is -0.465 e. The third-order valence-corrected chi connectivity index (χ3v) is 2.33. The summed E-state index contributed by atoms with van der Waals surface area (Å²) < 4.78 is 4.58. The van der Waals surface area contributed by atoms with E-state index in [0.29, 0.717) is 17.7 Å². The molecular formula is C13H16N2O4. The Morgan fingerprint density at radius 1 is 1.21 bits per heavy atom. The zero-order valence-corrected chi connectivity index (χ0v) is 10.9. The van der Waals surface area contributed by atoms with Crippen LogP contribution in [0.4, 0.5) is 5.69 Å². The van der Waals surface area contributed by atoms with Gasteiger partial charge in [-0.25, -0.2) is 4.79 Å². The summed E-state index contributed by atoms with van der Waals surface area (Å²) in [7, 11) is 1.29. The lowest BCUT2D eigenvalue weighted by Gasteiger charge is -2.07. The van der Waals surface area contributed by atoms with Crippen molar-refractivity contribution in [3.05, 3.63) is 29.8 Å². The first kappa shape index (κ1) is 14.7. The maximum absolute atomic E-state index is 11.5. The molecule has 1 aromatic rings. The van der Waals surface area contributed by atoms with Gasteiger partial charge in [0.25, 0.3) is 0 Å². The summed E-state index contributed by atoms with van der Waals surface area (Å²) in [5, 5.41) is 5.04. The Labute approximate surface area is 111 Å². The quantitative estimate of drug-likeness (QED) is 0.775. The molecule has 19 heavy (non-hydrogen) atoms. The fourth-order valence-electron chi connectivity index (χ4n) is 1.35. The lowest BCUT2D eigenvalue weighted by Crippen LogP contribution is -2.32. The van der Waals surface area contributed by atoms with E-state index in [1.807, 2.05) is 0 Å². The van der Waals surface area contributed by atoms with Gasteiger partial charge in [-0.15, -0.1) is 0 Å². The van der Waals surface area contributed by atoms with Crippen molar-refractivity contribution >= 4 is 23.5 Å². The van der Waals surface area contributed by atoms with Gasteiger partial charge in [0, 0.05) is 12.1 Å². The van der Waals surface area contributed by atoms with E-state index >= 15 is 0 Å². The Bertz CT molecular complexity index is 485. The third-order valence-electron chi connectivity index (χ3n) is 2.33. The van der Waals surface area contributed by atoms with E-state index < -0.39 is 5.97 Å². The van der Waals surface area contributed by atoms with Crippen LogP contribution < -0.4 is 10.6 Å². The van der Waals surface area contributed by atoms with Gasteiger partial charge < -0.3 is 15.4 Å². The largest absolute Gasteiger partial charge is 0.465 e. The molecule has 0 aliphatic heterocycles. The highest BCUT2D eigenvalue weighted by Gasteiger charge is 2.08. The number of esters is 1. The van der Waals surface area contributed by atoms with Crippen molar-refractivity contribution in [1.82, 2.24) is 5.32 Å². The smallest absolute Gasteiger partial charge is 0.337 e. The Kier molecular flexibility index (Phi) is 5.53. The van der Waals surface area contributed by atoms with Crippen LogP contribution in [0, 0.1) is 0 Å². The average Bonchev–Trinajstić information content (AvgIpc) is 2.44. The number of benzene rings is 1. The maximum Gasteiger partial charge on any atom is 0.337 e. The Balaban J connectivity index is 2.59. The number of carbonyl (C=O) groups is 3. The topological polar surface area (TPSA) is 84.5 Å². The predicted molar refractivity (Wildman–Crippen MR) is 69.7 cm³/mol. The summed E-state index contributed by atoms with van der Waals surface area (Å²) in [4.78, 5) is 33.9. The van der Waals surface area contributed by atoms with Gasteiger partial charge in [0.1, 0.15) is 0 Å². The van der Waals surface area contributed by atoms with Crippen LogP contribution >= 0.6 is 0 Å². The van der Waals surface area contributed by atoms with Crippen LogP contribution in [0.15, 0.2) is 24.3 Å². The second-order valence-corrected chi connectivity index (χ2v) is 3.75. The SMILES string of the molecule is CCC(=O)NCC(=O)Nc1cccc(C(=O)OC)c1. The van der Waals surface area contributed by atoms with Crippen molar-refractivity contribution in [3.8, 4) is 0 Å². The number of hydrogen-bond acceptors (Lipinski definition) is 4. The van der Waals surface area contributed by atoms with Gasteiger partial charge in [-0.3, -0.25) is 9.59 Å². The highest BCUT2D eigenvalue weighted by atomic mass is 16.5. The van der Waals surface area contributed by atoms with Gasteiger partial charge in [-0.05, 0) is 18.2 Å². The predicted octanol–water partition coefficient (Wildman–Crippen LogP) is 0.938. The highest BCUT2D eigenvalue weighted by molar-refractivity contribution is 5.96. The van der Waals surface area contributed by atoms with E-state index in [9.17, 15) is 14.4 Å². The Morgan fingerprint density at radius 2 is 1.95 bits per heavy atom. The second kappa shape index (κ2) is 7.15. The van der Waals surface area contributed by atoms with Crippen molar-refractivity contribution < 1.29 is 19.1 Å². The van der Waals surface area contributed by atoms with Gasteiger partial charge in [-0.1, -0.05) is 13.0 Å². The van der Waals surface area contributed by atoms with E-state index in [0.717, 1.165) is 0 Å². The number of carbonyl (C=O) groups excluding carboxylic acids is 3. The molecule has 0 radical (unpaired) electrons. The average molecular weight is 264 g/mol. The molecule has 0 aliphatic rings.